The van der Waals surface area contributed by atoms with Crippen molar-refractivity contribution < 1.29 is 27.5 Å². The van der Waals surface area contributed by atoms with E-state index in [0.29, 0.717) is 38.0 Å². The van der Waals surface area contributed by atoms with Crippen molar-refractivity contribution in [3.8, 4) is 0 Å². The fourth-order valence-corrected chi connectivity index (χ4v) is 5.99. The van der Waals surface area contributed by atoms with Gasteiger partial charge in [0, 0.05) is 17.8 Å². The predicted molar refractivity (Wildman–Crippen MR) is 151 cm³/mol. The Morgan fingerprint density at radius 2 is 1.54 bits per heavy atom. The Bertz CT molecular complexity index is 1370. The summed E-state index contributed by atoms with van der Waals surface area (Å²) in [5, 5.41) is 0.422. The zero-order valence-corrected chi connectivity index (χ0v) is 25.3. The third-order valence-electron chi connectivity index (χ3n) is 5.83. The maximum Gasteiger partial charge on any atom is 0.429 e. The summed E-state index contributed by atoms with van der Waals surface area (Å²) in [6.07, 6.45) is 0.802. The van der Waals surface area contributed by atoms with Crippen LogP contribution >= 0.6 is 11.6 Å². The molecule has 8 nitrogen and oxygen atoms in total. The second-order valence-electron chi connectivity index (χ2n) is 11.5. The Kier molecular flexibility index (Phi) is 8.89. The molecule has 3 rings (SSSR count). The molecular weight excluding hydrogens is 540 g/mol. The molecule has 1 atom stereocenters. The summed E-state index contributed by atoms with van der Waals surface area (Å²) in [4.78, 5) is 25.5. The first-order valence-electron chi connectivity index (χ1n) is 12.8. The maximum atomic E-state index is 14.0. The number of esters is 1. The molecule has 1 heterocycles. The molecule has 0 radical (unpaired) electrons. The smallest absolute Gasteiger partial charge is 0.429 e. The summed E-state index contributed by atoms with van der Waals surface area (Å²) >= 11 is 6.64. The number of aryl methyl sites for hydroxylation is 1. The average Bonchev–Trinajstić information content (AvgIpc) is 2.78. The van der Waals surface area contributed by atoms with Gasteiger partial charge < -0.3 is 9.47 Å². The molecule has 0 fully saturated rings. The number of halogens is 1. The Morgan fingerprint density at radius 1 is 0.949 bits per heavy atom. The summed E-state index contributed by atoms with van der Waals surface area (Å²) in [6, 6.07) is 11.2. The van der Waals surface area contributed by atoms with Crippen LogP contribution in [0.3, 0.4) is 0 Å². The lowest BCUT2D eigenvalue weighted by Gasteiger charge is -2.40. The summed E-state index contributed by atoms with van der Waals surface area (Å²) in [7, 11) is -4.39. The molecule has 0 spiro atoms. The van der Waals surface area contributed by atoms with Gasteiger partial charge in [0.05, 0.1) is 11.6 Å². The molecule has 10 heteroatoms. The zero-order valence-electron chi connectivity index (χ0n) is 23.7. The van der Waals surface area contributed by atoms with Crippen molar-refractivity contribution in [3.63, 3.8) is 0 Å². The highest BCUT2D eigenvalue weighted by Crippen LogP contribution is 2.42. The maximum absolute atomic E-state index is 14.0. The van der Waals surface area contributed by atoms with Gasteiger partial charge in [0.2, 0.25) is 0 Å². The number of benzene rings is 2. The van der Waals surface area contributed by atoms with E-state index in [1.807, 2.05) is 26.0 Å². The first kappa shape index (κ1) is 30.7. The number of rotatable bonds is 5. The predicted octanol–water partition coefficient (Wildman–Crippen LogP) is 6.94. The second-order valence-corrected chi connectivity index (χ2v) is 13.7. The molecule has 0 saturated carbocycles. The van der Waals surface area contributed by atoms with Gasteiger partial charge in [0.15, 0.2) is 0 Å². The summed E-state index contributed by atoms with van der Waals surface area (Å²) in [5.41, 5.74) is 1.63. The number of carbonyl (C=O) groups excluding carboxylic acids is 2. The minimum absolute atomic E-state index is 0.0809. The molecule has 212 valence electrons. The van der Waals surface area contributed by atoms with E-state index >= 15 is 0 Å². The fraction of sp³-hybridized carbons (Fsp3) is 0.448. The highest BCUT2D eigenvalue weighted by atomic mass is 35.5. The monoisotopic (exact) mass is 576 g/mol. The van der Waals surface area contributed by atoms with Crippen LogP contribution in [-0.2, 0) is 26.2 Å². The Labute approximate surface area is 236 Å². The van der Waals surface area contributed by atoms with E-state index < -0.39 is 39.5 Å². The molecular formula is C29H37ClN2O6S. The van der Waals surface area contributed by atoms with Gasteiger partial charge in [0.1, 0.15) is 11.2 Å². The number of hydrogen-bond donors (Lipinski definition) is 0. The molecule has 0 N–H and O–H groups in total. The van der Waals surface area contributed by atoms with Crippen molar-refractivity contribution in [1.82, 2.24) is 8.61 Å². The van der Waals surface area contributed by atoms with Gasteiger partial charge in [-0.25, -0.2) is 9.59 Å². The zero-order chi connectivity index (χ0) is 29.3. The summed E-state index contributed by atoms with van der Waals surface area (Å²) in [6.45, 7) is 14.1. The van der Waals surface area contributed by atoms with E-state index in [2.05, 4.69) is 0 Å². The lowest BCUT2D eigenvalue weighted by molar-refractivity contribution is 0.00689. The molecule has 0 bridgehead atoms. The molecule has 2 aromatic carbocycles. The Morgan fingerprint density at radius 3 is 2.05 bits per heavy atom. The minimum Gasteiger partial charge on any atom is -0.456 e. The van der Waals surface area contributed by atoms with Crippen LogP contribution in [0.1, 0.15) is 88.0 Å². The van der Waals surface area contributed by atoms with Gasteiger partial charge >= 0.3 is 22.3 Å². The van der Waals surface area contributed by atoms with Crippen molar-refractivity contribution >= 4 is 33.9 Å². The third kappa shape index (κ3) is 7.41. The van der Waals surface area contributed by atoms with E-state index in [1.165, 1.54) is 10.5 Å². The molecule has 2 aromatic rings. The van der Waals surface area contributed by atoms with Crippen LogP contribution in [0.15, 0.2) is 54.2 Å². The summed E-state index contributed by atoms with van der Waals surface area (Å²) < 4.78 is 40.7. The lowest BCUT2D eigenvalue weighted by Crippen LogP contribution is -2.50. The van der Waals surface area contributed by atoms with Gasteiger partial charge in [-0.05, 0) is 95.3 Å². The van der Waals surface area contributed by atoms with Crippen molar-refractivity contribution in [2.45, 2.75) is 85.6 Å². The molecule has 1 unspecified atom stereocenters. The van der Waals surface area contributed by atoms with Crippen LogP contribution in [0.2, 0.25) is 5.02 Å². The highest BCUT2D eigenvalue weighted by Gasteiger charge is 2.45. The lowest BCUT2D eigenvalue weighted by atomic mass is 9.95. The van der Waals surface area contributed by atoms with Crippen molar-refractivity contribution in [2.75, 3.05) is 0 Å². The number of hydrogen-bond acceptors (Lipinski definition) is 6. The number of carbonyl (C=O) groups is 2. The van der Waals surface area contributed by atoms with E-state index in [0.717, 1.165) is 5.56 Å². The largest absolute Gasteiger partial charge is 0.456 e. The third-order valence-corrected chi connectivity index (χ3v) is 7.84. The van der Waals surface area contributed by atoms with E-state index in [9.17, 15) is 18.0 Å². The van der Waals surface area contributed by atoms with E-state index in [1.54, 1.807) is 71.9 Å². The summed E-state index contributed by atoms with van der Waals surface area (Å²) in [5.74, 6) is -0.476. The molecule has 0 aliphatic carbocycles. The van der Waals surface area contributed by atoms with Crippen molar-refractivity contribution in [2.24, 2.45) is 0 Å². The molecule has 1 aliphatic rings. The molecule has 0 aromatic heterocycles. The number of ether oxygens (including phenoxy) is 2. The Balaban J connectivity index is 2.09. The van der Waals surface area contributed by atoms with Crippen LogP contribution in [0, 0.1) is 6.92 Å². The van der Waals surface area contributed by atoms with Gasteiger partial charge in [-0.3, -0.25) is 0 Å². The fourth-order valence-electron chi connectivity index (χ4n) is 4.10. The van der Waals surface area contributed by atoms with Gasteiger partial charge in [-0.1, -0.05) is 42.8 Å². The van der Waals surface area contributed by atoms with Crippen molar-refractivity contribution in [1.29, 1.82) is 0 Å². The SMILES string of the molecule is CCC1=CN(C(=O)OC(C)(C)C)S(=O)(=O)N(Cc2ccc(C(=O)OC(C)(C)C)cc2)C1c1ccc(C)cc1Cl. The van der Waals surface area contributed by atoms with Crippen LogP contribution in [0.5, 0.6) is 0 Å². The van der Waals surface area contributed by atoms with Crippen LogP contribution in [0.4, 0.5) is 4.79 Å². The second kappa shape index (κ2) is 11.3. The van der Waals surface area contributed by atoms with Crippen LogP contribution in [0.25, 0.3) is 0 Å². The quantitative estimate of drug-likeness (QED) is 0.358. The molecule has 0 saturated heterocycles. The average molecular weight is 577 g/mol. The first-order valence-corrected chi connectivity index (χ1v) is 14.5. The van der Waals surface area contributed by atoms with Gasteiger partial charge in [-0.2, -0.15) is 17.0 Å². The number of amides is 1. The van der Waals surface area contributed by atoms with E-state index in [4.69, 9.17) is 21.1 Å². The first-order chi connectivity index (χ1) is 17.9. The highest BCUT2D eigenvalue weighted by molar-refractivity contribution is 7.87. The molecule has 1 amide bonds. The molecule has 39 heavy (non-hydrogen) atoms. The Hall–Kier alpha value is -2.88. The van der Waals surface area contributed by atoms with Crippen molar-refractivity contribution in [3.05, 3.63) is 81.5 Å². The minimum atomic E-state index is -4.39. The van der Waals surface area contributed by atoms with Gasteiger partial charge in [-0.15, -0.1) is 0 Å². The van der Waals surface area contributed by atoms with Crippen LogP contribution < -0.4 is 0 Å². The topological polar surface area (TPSA) is 93.2 Å². The number of nitrogens with zero attached hydrogens (tertiary/aromatic N) is 2. The van der Waals surface area contributed by atoms with Gasteiger partial charge in [0.25, 0.3) is 0 Å². The normalized spacial score (nSPS) is 17.9. The standard InChI is InChI=1S/C29H37ClN2O6S/c1-9-21-18-32(27(34)38-29(6,7)8)39(35,36)31(25(21)23-15-10-19(2)16-24(23)30)17-20-11-13-22(14-12-20)26(33)37-28(3,4)5/h10-16,18,25H,9,17H2,1-8H3. The molecule has 1 aliphatic heterocycles. The van der Waals surface area contributed by atoms with Crippen LogP contribution in [-0.4, -0.2) is 40.3 Å². The van der Waals surface area contributed by atoms with E-state index in [-0.39, 0.29) is 6.54 Å².